The van der Waals surface area contributed by atoms with Gasteiger partial charge in [-0.15, -0.1) is 5.10 Å². The summed E-state index contributed by atoms with van der Waals surface area (Å²) in [6.07, 6.45) is 3.51. The van der Waals surface area contributed by atoms with Crippen molar-refractivity contribution < 1.29 is 9.66 Å². The van der Waals surface area contributed by atoms with E-state index in [2.05, 4.69) is 5.10 Å². The molecule has 70 valence electrons. The van der Waals surface area contributed by atoms with Gasteiger partial charge in [0.1, 0.15) is 6.20 Å². The van der Waals surface area contributed by atoms with Crippen molar-refractivity contribution >= 4 is 5.69 Å². The predicted octanol–water partition coefficient (Wildman–Crippen LogP) is 1.13. The number of hydrogen-bond donors (Lipinski definition) is 0. The number of methoxy groups -OCH3 is 1. The van der Waals surface area contributed by atoms with Gasteiger partial charge >= 0.3 is 11.6 Å². The number of ether oxygens (including phenoxy) is 1. The van der Waals surface area contributed by atoms with Gasteiger partial charge in [0.05, 0.1) is 18.1 Å². The van der Waals surface area contributed by atoms with E-state index in [-0.39, 0.29) is 11.6 Å². The van der Waals surface area contributed by atoms with E-state index in [0.29, 0.717) is 6.04 Å². The summed E-state index contributed by atoms with van der Waals surface area (Å²) < 4.78 is 6.40. The summed E-state index contributed by atoms with van der Waals surface area (Å²) in [7, 11) is 1.38. The molecule has 0 bridgehead atoms. The quantitative estimate of drug-likeness (QED) is 0.520. The van der Waals surface area contributed by atoms with Crippen LogP contribution in [0.15, 0.2) is 6.20 Å². The highest BCUT2D eigenvalue weighted by molar-refractivity contribution is 5.38. The number of hydrogen-bond acceptors (Lipinski definition) is 4. The van der Waals surface area contributed by atoms with Crippen LogP contribution in [0.1, 0.15) is 18.9 Å². The Hall–Kier alpha value is -1.59. The summed E-state index contributed by atoms with van der Waals surface area (Å²) in [6, 6.07) is 0.336. The highest BCUT2D eigenvalue weighted by atomic mass is 16.6. The fourth-order valence-corrected chi connectivity index (χ4v) is 1.16. The molecule has 6 nitrogen and oxygen atoms in total. The fourth-order valence-electron chi connectivity index (χ4n) is 1.16. The van der Waals surface area contributed by atoms with Crippen LogP contribution in [0, 0.1) is 10.1 Å². The largest absolute Gasteiger partial charge is 0.475 e. The molecule has 0 unspecified atom stereocenters. The minimum Gasteiger partial charge on any atom is -0.475 e. The Labute approximate surface area is 74.3 Å². The summed E-state index contributed by atoms with van der Waals surface area (Å²) in [5.41, 5.74) is -0.0607. The molecule has 0 atom stereocenters. The molecule has 2 rings (SSSR count). The minimum absolute atomic E-state index is 0.0607. The third-order valence-corrected chi connectivity index (χ3v) is 1.99. The van der Waals surface area contributed by atoms with Crippen LogP contribution in [0.4, 0.5) is 5.69 Å². The topological polar surface area (TPSA) is 70.2 Å². The van der Waals surface area contributed by atoms with Crippen molar-refractivity contribution in [3.63, 3.8) is 0 Å². The standard InChI is InChI=1S/C7H9N3O3/c1-13-7-6(10(11)12)4-9(8-7)5-2-3-5/h4-5H,2-3H2,1H3. The third-order valence-electron chi connectivity index (χ3n) is 1.99. The van der Waals surface area contributed by atoms with Gasteiger partial charge in [0, 0.05) is 0 Å². The summed E-state index contributed by atoms with van der Waals surface area (Å²) in [5, 5.41) is 14.5. The number of nitrogens with zero attached hydrogens (tertiary/aromatic N) is 3. The maximum Gasteiger partial charge on any atom is 0.350 e. The average Bonchev–Trinajstić information content (AvgIpc) is 2.84. The minimum atomic E-state index is -0.481. The normalized spacial score (nSPS) is 15.8. The average molecular weight is 183 g/mol. The van der Waals surface area contributed by atoms with Crippen molar-refractivity contribution in [2.45, 2.75) is 18.9 Å². The monoisotopic (exact) mass is 183 g/mol. The molecule has 1 aromatic heterocycles. The summed E-state index contributed by atoms with van der Waals surface area (Å²) in [6.45, 7) is 0. The maximum atomic E-state index is 10.5. The van der Waals surface area contributed by atoms with E-state index in [1.165, 1.54) is 13.3 Å². The smallest absolute Gasteiger partial charge is 0.350 e. The molecule has 1 aliphatic carbocycles. The van der Waals surface area contributed by atoms with Gasteiger partial charge in [0.25, 0.3) is 0 Å². The first-order valence-electron chi connectivity index (χ1n) is 4.00. The van der Waals surface area contributed by atoms with E-state index in [4.69, 9.17) is 4.74 Å². The highest BCUT2D eigenvalue weighted by Crippen LogP contribution is 2.37. The molecule has 0 N–H and O–H groups in total. The van der Waals surface area contributed by atoms with Gasteiger partial charge in [-0.25, -0.2) is 0 Å². The molecule has 0 aliphatic heterocycles. The lowest BCUT2D eigenvalue weighted by molar-refractivity contribution is -0.385. The predicted molar refractivity (Wildman–Crippen MR) is 43.7 cm³/mol. The van der Waals surface area contributed by atoms with Gasteiger partial charge in [-0.05, 0) is 12.8 Å². The first-order valence-corrected chi connectivity index (χ1v) is 4.00. The van der Waals surface area contributed by atoms with Crippen LogP contribution in [0.2, 0.25) is 0 Å². The van der Waals surface area contributed by atoms with Crippen molar-refractivity contribution in [1.82, 2.24) is 9.78 Å². The Balaban J connectivity index is 2.36. The Morgan fingerprint density at radius 1 is 1.77 bits per heavy atom. The molecule has 13 heavy (non-hydrogen) atoms. The Morgan fingerprint density at radius 3 is 2.85 bits per heavy atom. The molecule has 0 amide bonds. The second-order valence-electron chi connectivity index (χ2n) is 2.99. The molecular weight excluding hydrogens is 174 g/mol. The number of rotatable bonds is 3. The second-order valence-corrected chi connectivity index (χ2v) is 2.99. The fraction of sp³-hybridized carbons (Fsp3) is 0.571. The zero-order chi connectivity index (χ0) is 9.42. The van der Waals surface area contributed by atoms with Crippen LogP contribution in [-0.2, 0) is 0 Å². The molecule has 0 radical (unpaired) electrons. The zero-order valence-corrected chi connectivity index (χ0v) is 7.14. The molecule has 1 aliphatic rings. The van der Waals surface area contributed by atoms with E-state index in [9.17, 15) is 10.1 Å². The summed E-state index contributed by atoms with van der Waals surface area (Å²) in [4.78, 5) is 10.0. The van der Waals surface area contributed by atoms with E-state index in [1.807, 2.05) is 0 Å². The molecule has 1 saturated carbocycles. The SMILES string of the molecule is COc1nn(C2CC2)cc1[N+](=O)[O-]. The molecule has 0 aromatic carbocycles. The molecule has 6 heteroatoms. The Kier molecular flexibility index (Phi) is 1.68. The van der Waals surface area contributed by atoms with Gasteiger partial charge < -0.3 is 4.74 Å². The van der Waals surface area contributed by atoms with Crippen LogP contribution in [-0.4, -0.2) is 21.8 Å². The lowest BCUT2D eigenvalue weighted by Gasteiger charge is -1.92. The highest BCUT2D eigenvalue weighted by Gasteiger charge is 2.29. The van der Waals surface area contributed by atoms with E-state index in [1.54, 1.807) is 4.68 Å². The molecular formula is C7H9N3O3. The lowest BCUT2D eigenvalue weighted by Crippen LogP contribution is -1.94. The van der Waals surface area contributed by atoms with Crippen LogP contribution in [0.25, 0.3) is 0 Å². The zero-order valence-electron chi connectivity index (χ0n) is 7.14. The molecule has 1 aromatic rings. The van der Waals surface area contributed by atoms with Crippen molar-refractivity contribution in [2.24, 2.45) is 0 Å². The van der Waals surface area contributed by atoms with Crippen molar-refractivity contribution in [3.8, 4) is 5.88 Å². The molecule has 1 heterocycles. The number of aromatic nitrogens is 2. The number of nitro groups is 1. The van der Waals surface area contributed by atoms with E-state index < -0.39 is 4.92 Å². The van der Waals surface area contributed by atoms with E-state index >= 15 is 0 Å². The van der Waals surface area contributed by atoms with Crippen molar-refractivity contribution in [2.75, 3.05) is 7.11 Å². The molecule has 0 saturated heterocycles. The van der Waals surface area contributed by atoms with Crippen LogP contribution in [0.3, 0.4) is 0 Å². The lowest BCUT2D eigenvalue weighted by atomic mass is 10.5. The van der Waals surface area contributed by atoms with Gasteiger partial charge in [-0.2, -0.15) is 0 Å². The maximum absolute atomic E-state index is 10.5. The van der Waals surface area contributed by atoms with Crippen molar-refractivity contribution in [1.29, 1.82) is 0 Å². The van der Waals surface area contributed by atoms with Gasteiger partial charge in [-0.3, -0.25) is 14.8 Å². The van der Waals surface area contributed by atoms with Gasteiger partial charge in [-0.1, -0.05) is 0 Å². The first kappa shape index (κ1) is 8.03. The molecule has 1 fully saturated rings. The van der Waals surface area contributed by atoms with Crippen LogP contribution < -0.4 is 4.74 Å². The Bertz CT molecular complexity index is 343. The summed E-state index contributed by atoms with van der Waals surface area (Å²) >= 11 is 0. The first-order chi connectivity index (χ1) is 6.22. The summed E-state index contributed by atoms with van der Waals surface area (Å²) in [5.74, 6) is 0.0944. The third kappa shape index (κ3) is 1.34. The Morgan fingerprint density at radius 2 is 2.46 bits per heavy atom. The van der Waals surface area contributed by atoms with Crippen LogP contribution >= 0.6 is 0 Å². The second kappa shape index (κ2) is 2.72. The van der Waals surface area contributed by atoms with E-state index in [0.717, 1.165) is 12.8 Å². The van der Waals surface area contributed by atoms with Gasteiger partial charge in [0.15, 0.2) is 0 Å². The van der Waals surface area contributed by atoms with Crippen LogP contribution in [0.5, 0.6) is 5.88 Å². The van der Waals surface area contributed by atoms with Gasteiger partial charge in [0.2, 0.25) is 0 Å². The molecule has 0 spiro atoms. The van der Waals surface area contributed by atoms with Crippen molar-refractivity contribution in [3.05, 3.63) is 16.3 Å².